The van der Waals surface area contributed by atoms with Gasteiger partial charge in [0.2, 0.25) is 10.0 Å². The van der Waals surface area contributed by atoms with Gasteiger partial charge in [0.1, 0.15) is 5.21 Å². The summed E-state index contributed by atoms with van der Waals surface area (Å²) >= 11 is 6.70. The van der Waals surface area contributed by atoms with Crippen molar-refractivity contribution in [3.05, 3.63) is 0 Å². The summed E-state index contributed by atoms with van der Waals surface area (Å²) in [6.07, 6.45) is 1.91. The van der Waals surface area contributed by atoms with Crippen LogP contribution in [0.25, 0.3) is 0 Å². The maximum Gasteiger partial charge on any atom is 0.225 e. The molecule has 0 aliphatic heterocycles. The van der Waals surface area contributed by atoms with E-state index in [4.69, 9.17) is 11.6 Å². The summed E-state index contributed by atoms with van der Waals surface area (Å²) in [5.74, 6) is 0.774. The molecule has 0 aliphatic carbocycles. The molecule has 3 nitrogen and oxygen atoms in total. The fourth-order valence-corrected chi connectivity index (χ4v) is 1.49. The summed E-state index contributed by atoms with van der Waals surface area (Å²) < 4.78 is 23.6. The molecule has 0 saturated carbocycles. The van der Waals surface area contributed by atoms with Crippen LogP contribution in [0.15, 0.2) is 0 Å². The number of hydrogen-bond acceptors (Lipinski definition) is 3. The van der Waals surface area contributed by atoms with Crippen LogP contribution in [0.1, 0.15) is 0 Å². The van der Waals surface area contributed by atoms with Gasteiger partial charge in [0.05, 0.1) is 0 Å². The summed E-state index contributed by atoms with van der Waals surface area (Å²) in [5.41, 5.74) is 0. The van der Waals surface area contributed by atoms with Gasteiger partial charge in [-0.2, -0.15) is 11.8 Å². The smallest absolute Gasteiger partial charge is 0.213 e. The van der Waals surface area contributed by atoms with Crippen LogP contribution in [0.4, 0.5) is 0 Å². The molecule has 0 bridgehead atoms. The number of hydrogen-bond donors (Lipinski definition) is 1. The third kappa shape index (κ3) is 5.34. The molecule has 6 heteroatoms. The van der Waals surface area contributed by atoms with Crippen molar-refractivity contribution in [2.24, 2.45) is 0 Å². The molecule has 0 saturated heterocycles. The van der Waals surface area contributed by atoms with E-state index in [1.54, 1.807) is 11.8 Å². The Bertz CT molecular complexity index is 168. The Labute approximate surface area is 70.6 Å². The van der Waals surface area contributed by atoms with Gasteiger partial charge in [-0.25, -0.2) is 13.1 Å². The summed E-state index contributed by atoms with van der Waals surface area (Å²) in [6.45, 7) is 0.455. The lowest BCUT2D eigenvalue weighted by atomic mass is 10.8. The molecule has 0 radical (unpaired) electrons. The molecule has 0 aromatic rings. The summed E-state index contributed by atoms with van der Waals surface area (Å²) in [4.78, 5) is 0. The molecule has 0 atom stereocenters. The Balaban J connectivity index is 3.49. The topological polar surface area (TPSA) is 46.2 Å². The number of rotatable bonds is 5. The summed E-state index contributed by atoms with van der Waals surface area (Å²) in [6, 6.07) is 0. The Morgan fingerprint density at radius 3 is 2.60 bits per heavy atom. The van der Waals surface area contributed by atoms with E-state index in [-0.39, 0.29) is 5.21 Å². The van der Waals surface area contributed by atoms with Crippen molar-refractivity contribution < 1.29 is 8.42 Å². The van der Waals surface area contributed by atoms with E-state index in [1.165, 1.54) is 0 Å². The zero-order valence-corrected chi connectivity index (χ0v) is 8.02. The standard InChI is InChI=1S/C4H10ClNO2S2/c1-9-3-2-6-10(7,8)4-5/h6H,2-4H2,1H3. The van der Waals surface area contributed by atoms with Gasteiger partial charge < -0.3 is 0 Å². The number of thioether (sulfide) groups is 1. The van der Waals surface area contributed by atoms with Gasteiger partial charge in [-0.3, -0.25) is 0 Å². The fourth-order valence-electron chi connectivity index (χ4n) is 0.338. The fraction of sp³-hybridized carbons (Fsp3) is 1.00. The van der Waals surface area contributed by atoms with E-state index < -0.39 is 10.0 Å². The third-order valence-electron chi connectivity index (χ3n) is 0.772. The van der Waals surface area contributed by atoms with Crippen molar-refractivity contribution in [3.63, 3.8) is 0 Å². The summed E-state index contributed by atoms with van der Waals surface area (Å²) in [5, 5.41) is -0.360. The minimum atomic E-state index is -3.19. The van der Waals surface area contributed by atoms with Gasteiger partial charge in [0, 0.05) is 12.3 Å². The van der Waals surface area contributed by atoms with E-state index in [0.717, 1.165) is 5.75 Å². The van der Waals surface area contributed by atoms with Crippen LogP contribution in [-0.4, -0.2) is 32.2 Å². The first-order valence-electron chi connectivity index (χ1n) is 2.64. The van der Waals surface area contributed by atoms with Crippen molar-refractivity contribution in [1.29, 1.82) is 0 Å². The molecule has 10 heavy (non-hydrogen) atoms. The highest BCUT2D eigenvalue weighted by Gasteiger charge is 2.04. The van der Waals surface area contributed by atoms with Crippen LogP contribution >= 0.6 is 23.4 Å². The van der Waals surface area contributed by atoms with Gasteiger partial charge in [0.15, 0.2) is 0 Å². The van der Waals surface area contributed by atoms with Crippen molar-refractivity contribution in [2.45, 2.75) is 0 Å². The molecule has 0 unspecified atom stereocenters. The predicted molar refractivity (Wildman–Crippen MR) is 46.0 cm³/mol. The number of sulfonamides is 1. The summed E-state index contributed by atoms with van der Waals surface area (Å²) in [7, 11) is -3.19. The first-order valence-corrected chi connectivity index (χ1v) is 6.22. The highest BCUT2D eigenvalue weighted by atomic mass is 35.5. The van der Waals surface area contributed by atoms with Gasteiger partial charge in [-0.15, -0.1) is 11.6 Å². The predicted octanol–water partition coefficient (Wildman–Crippen LogP) is 0.465. The third-order valence-corrected chi connectivity index (χ3v) is 3.18. The Morgan fingerprint density at radius 2 is 2.20 bits per heavy atom. The maximum atomic E-state index is 10.6. The minimum Gasteiger partial charge on any atom is -0.213 e. The molecule has 0 aromatic carbocycles. The first kappa shape index (κ1) is 10.6. The van der Waals surface area contributed by atoms with Crippen molar-refractivity contribution in [1.82, 2.24) is 4.72 Å². The van der Waals surface area contributed by atoms with Gasteiger partial charge in [-0.05, 0) is 6.26 Å². The van der Waals surface area contributed by atoms with E-state index in [2.05, 4.69) is 4.72 Å². The molecule has 0 amide bonds. The second kappa shape index (κ2) is 5.23. The second-order valence-electron chi connectivity index (χ2n) is 1.61. The molecule has 0 aromatic heterocycles. The Morgan fingerprint density at radius 1 is 1.60 bits per heavy atom. The monoisotopic (exact) mass is 203 g/mol. The van der Waals surface area contributed by atoms with Crippen LogP contribution in [0.3, 0.4) is 0 Å². The van der Waals surface area contributed by atoms with Gasteiger partial charge >= 0.3 is 0 Å². The highest BCUT2D eigenvalue weighted by Crippen LogP contribution is 1.91. The molecular formula is C4H10ClNO2S2. The quantitative estimate of drug-likeness (QED) is 0.522. The van der Waals surface area contributed by atoms with Gasteiger partial charge in [0.25, 0.3) is 0 Å². The van der Waals surface area contributed by atoms with E-state index in [1.807, 2.05) is 6.26 Å². The lowest BCUT2D eigenvalue weighted by Gasteiger charge is -2.00. The number of halogens is 1. The molecule has 0 heterocycles. The highest BCUT2D eigenvalue weighted by molar-refractivity contribution is 7.98. The van der Waals surface area contributed by atoms with E-state index in [9.17, 15) is 8.42 Å². The van der Waals surface area contributed by atoms with Crippen molar-refractivity contribution >= 4 is 33.4 Å². The van der Waals surface area contributed by atoms with Crippen LogP contribution in [0.2, 0.25) is 0 Å². The molecule has 0 fully saturated rings. The zero-order chi connectivity index (χ0) is 8.04. The lowest BCUT2D eigenvalue weighted by Crippen LogP contribution is -2.26. The van der Waals surface area contributed by atoms with Crippen LogP contribution in [-0.2, 0) is 10.0 Å². The normalized spacial score (nSPS) is 11.8. The number of alkyl halides is 1. The van der Waals surface area contributed by atoms with E-state index in [0.29, 0.717) is 6.54 Å². The molecule has 0 rings (SSSR count). The largest absolute Gasteiger partial charge is 0.225 e. The molecular weight excluding hydrogens is 194 g/mol. The molecule has 1 N–H and O–H groups in total. The van der Waals surface area contributed by atoms with Crippen LogP contribution in [0.5, 0.6) is 0 Å². The average Bonchev–Trinajstić information content (AvgIpc) is 1.89. The average molecular weight is 204 g/mol. The van der Waals surface area contributed by atoms with Crippen molar-refractivity contribution in [3.8, 4) is 0 Å². The second-order valence-corrected chi connectivity index (χ2v) is 4.99. The van der Waals surface area contributed by atoms with Gasteiger partial charge in [-0.1, -0.05) is 0 Å². The molecule has 0 aliphatic rings. The molecule has 0 spiro atoms. The lowest BCUT2D eigenvalue weighted by molar-refractivity contribution is 0.589. The van der Waals surface area contributed by atoms with Crippen molar-refractivity contribution in [2.75, 3.05) is 23.8 Å². The Hall–Kier alpha value is 0.550. The Kier molecular flexibility index (Phi) is 5.52. The zero-order valence-electron chi connectivity index (χ0n) is 5.63. The number of nitrogens with one attached hydrogen (secondary N) is 1. The van der Waals surface area contributed by atoms with Crippen LogP contribution in [0, 0.1) is 0 Å². The van der Waals surface area contributed by atoms with Crippen LogP contribution < -0.4 is 4.72 Å². The van der Waals surface area contributed by atoms with E-state index >= 15 is 0 Å². The molecule has 62 valence electrons. The SMILES string of the molecule is CSCCNS(=O)(=O)CCl. The minimum absolute atomic E-state index is 0.360. The first-order chi connectivity index (χ1) is 4.62. The maximum absolute atomic E-state index is 10.6.